The van der Waals surface area contributed by atoms with Crippen molar-refractivity contribution >= 4 is 34.8 Å². The molecule has 2 aromatic carbocycles. The van der Waals surface area contributed by atoms with Crippen LogP contribution < -0.4 is 10.1 Å². The van der Waals surface area contributed by atoms with E-state index in [1.54, 1.807) is 24.3 Å². The Balaban J connectivity index is 2.02. The van der Waals surface area contributed by atoms with E-state index in [9.17, 15) is 18.0 Å². The predicted molar refractivity (Wildman–Crippen MR) is 82.0 cm³/mol. The van der Waals surface area contributed by atoms with Gasteiger partial charge in [-0.15, -0.1) is 0 Å². The zero-order valence-electron chi connectivity index (χ0n) is 11.5. The molecule has 2 aromatic rings. The van der Waals surface area contributed by atoms with Crippen LogP contribution in [0.15, 0.2) is 42.5 Å². The summed E-state index contributed by atoms with van der Waals surface area (Å²) in [6, 6.07) is 9.62. The molecule has 23 heavy (non-hydrogen) atoms. The van der Waals surface area contributed by atoms with Gasteiger partial charge in [0.15, 0.2) is 6.61 Å². The maximum Gasteiger partial charge on any atom is 0.417 e. The molecule has 122 valence electrons. The maximum atomic E-state index is 12.7. The summed E-state index contributed by atoms with van der Waals surface area (Å²) in [7, 11) is 0. The molecule has 0 fully saturated rings. The summed E-state index contributed by atoms with van der Waals surface area (Å²) in [5.74, 6) is -0.322. The van der Waals surface area contributed by atoms with Crippen molar-refractivity contribution in [3.05, 3.63) is 58.1 Å². The second-order valence-electron chi connectivity index (χ2n) is 4.46. The largest absolute Gasteiger partial charge is 0.482 e. The number of hydrogen-bond donors (Lipinski definition) is 1. The van der Waals surface area contributed by atoms with Gasteiger partial charge in [-0.05, 0) is 30.3 Å². The Morgan fingerprint density at radius 3 is 2.43 bits per heavy atom. The lowest BCUT2D eigenvalue weighted by Gasteiger charge is -2.12. The van der Waals surface area contributed by atoms with Gasteiger partial charge in [-0.25, -0.2) is 0 Å². The summed E-state index contributed by atoms with van der Waals surface area (Å²) < 4.78 is 43.4. The molecular formula is C15H10Cl2F3NO2. The van der Waals surface area contributed by atoms with Crippen LogP contribution in [0.4, 0.5) is 18.9 Å². The highest BCUT2D eigenvalue weighted by atomic mass is 35.5. The normalized spacial score (nSPS) is 11.2. The molecule has 0 heterocycles. The summed E-state index contributed by atoms with van der Waals surface area (Å²) in [6.07, 6.45) is -4.61. The van der Waals surface area contributed by atoms with Gasteiger partial charge in [0, 0.05) is 5.69 Å². The minimum atomic E-state index is -4.61. The Bertz CT molecular complexity index is 720. The third-order valence-electron chi connectivity index (χ3n) is 2.75. The molecule has 0 bridgehead atoms. The zero-order chi connectivity index (χ0) is 17.0. The number of amides is 1. The fourth-order valence-corrected chi connectivity index (χ4v) is 2.14. The first kappa shape index (κ1) is 17.4. The number of benzene rings is 2. The minimum Gasteiger partial charge on any atom is -0.482 e. The number of carbonyl (C=O) groups is 1. The second kappa shape index (κ2) is 7.10. The van der Waals surface area contributed by atoms with Crippen molar-refractivity contribution in [2.75, 3.05) is 11.9 Å². The van der Waals surface area contributed by atoms with Crippen LogP contribution in [0.25, 0.3) is 0 Å². The van der Waals surface area contributed by atoms with Gasteiger partial charge in [-0.1, -0.05) is 35.3 Å². The fraction of sp³-hybridized carbons (Fsp3) is 0.133. The minimum absolute atomic E-state index is 0.0329. The molecule has 0 atom stereocenters. The van der Waals surface area contributed by atoms with Crippen molar-refractivity contribution < 1.29 is 22.7 Å². The number of anilines is 1. The number of carbonyl (C=O) groups excluding carboxylic acids is 1. The number of ether oxygens (including phenoxy) is 1. The SMILES string of the molecule is O=C(COc1ccccc1Cl)Nc1ccc(Cl)c(C(F)(F)F)c1. The van der Waals surface area contributed by atoms with Crippen molar-refractivity contribution in [1.82, 2.24) is 0 Å². The first-order valence-electron chi connectivity index (χ1n) is 6.31. The van der Waals surface area contributed by atoms with Crippen LogP contribution in [0.3, 0.4) is 0 Å². The number of rotatable bonds is 4. The molecule has 0 aliphatic carbocycles. The standard InChI is InChI=1S/C15H10Cl2F3NO2/c16-11-6-5-9(7-10(11)15(18,19)20)21-14(22)8-23-13-4-2-1-3-12(13)17/h1-7H,8H2,(H,21,22). The highest BCUT2D eigenvalue weighted by molar-refractivity contribution is 6.32. The van der Waals surface area contributed by atoms with Gasteiger partial charge >= 0.3 is 6.18 Å². The van der Waals surface area contributed by atoms with Crippen LogP contribution in [0, 0.1) is 0 Å². The first-order chi connectivity index (χ1) is 10.8. The lowest BCUT2D eigenvalue weighted by atomic mass is 10.2. The molecule has 0 spiro atoms. The molecule has 0 aliphatic heterocycles. The summed E-state index contributed by atoms with van der Waals surface area (Å²) in [4.78, 5) is 11.7. The van der Waals surface area contributed by atoms with E-state index >= 15 is 0 Å². The van der Waals surface area contributed by atoms with Crippen LogP contribution in [0.1, 0.15) is 5.56 Å². The molecule has 0 aromatic heterocycles. The molecule has 0 unspecified atom stereocenters. The number of para-hydroxylation sites is 1. The third kappa shape index (κ3) is 4.77. The molecule has 0 saturated carbocycles. The van der Waals surface area contributed by atoms with Gasteiger partial charge in [0.25, 0.3) is 5.91 Å². The first-order valence-corrected chi connectivity index (χ1v) is 7.07. The molecule has 0 radical (unpaired) electrons. The van der Waals surface area contributed by atoms with E-state index in [4.69, 9.17) is 27.9 Å². The molecule has 3 nitrogen and oxygen atoms in total. The molecule has 2 rings (SSSR count). The molecule has 1 N–H and O–H groups in total. The van der Waals surface area contributed by atoms with Gasteiger partial charge in [0.2, 0.25) is 0 Å². The van der Waals surface area contributed by atoms with Crippen molar-refractivity contribution in [3.63, 3.8) is 0 Å². The van der Waals surface area contributed by atoms with Crippen LogP contribution in [-0.2, 0) is 11.0 Å². The van der Waals surface area contributed by atoms with Gasteiger partial charge < -0.3 is 10.1 Å². The van der Waals surface area contributed by atoms with E-state index < -0.39 is 29.3 Å². The summed E-state index contributed by atoms with van der Waals surface area (Å²) in [6.45, 7) is -0.395. The molecular weight excluding hydrogens is 354 g/mol. The van der Waals surface area contributed by atoms with Crippen molar-refractivity contribution in [2.24, 2.45) is 0 Å². The van der Waals surface area contributed by atoms with Gasteiger partial charge in [-0.3, -0.25) is 4.79 Å². The van der Waals surface area contributed by atoms with Crippen molar-refractivity contribution in [2.45, 2.75) is 6.18 Å². The van der Waals surface area contributed by atoms with E-state index in [2.05, 4.69) is 5.32 Å². The van der Waals surface area contributed by atoms with Crippen LogP contribution in [0.5, 0.6) is 5.75 Å². The Labute approximate surface area is 140 Å². The average Bonchev–Trinajstić information content (AvgIpc) is 2.47. The highest BCUT2D eigenvalue weighted by Crippen LogP contribution is 2.36. The maximum absolute atomic E-state index is 12.7. The topological polar surface area (TPSA) is 38.3 Å². The van der Waals surface area contributed by atoms with Crippen LogP contribution >= 0.6 is 23.2 Å². The van der Waals surface area contributed by atoms with E-state index in [-0.39, 0.29) is 5.69 Å². The lowest BCUT2D eigenvalue weighted by Crippen LogP contribution is -2.20. The molecule has 0 saturated heterocycles. The molecule has 1 amide bonds. The predicted octanol–water partition coefficient (Wildman–Crippen LogP) is 5.03. The number of alkyl halides is 3. The van der Waals surface area contributed by atoms with E-state index in [1.165, 1.54) is 6.07 Å². The Hall–Kier alpha value is -1.92. The van der Waals surface area contributed by atoms with Crippen molar-refractivity contribution in [3.8, 4) is 5.75 Å². The van der Waals surface area contributed by atoms with Crippen LogP contribution in [-0.4, -0.2) is 12.5 Å². The fourth-order valence-electron chi connectivity index (χ4n) is 1.72. The van der Waals surface area contributed by atoms with E-state index in [0.29, 0.717) is 10.8 Å². The van der Waals surface area contributed by atoms with Gasteiger partial charge in [0.1, 0.15) is 5.75 Å². The van der Waals surface area contributed by atoms with E-state index in [1.807, 2.05) is 0 Å². The Morgan fingerprint density at radius 2 is 1.78 bits per heavy atom. The molecule has 0 aliphatic rings. The monoisotopic (exact) mass is 363 g/mol. The number of hydrogen-bond acceptors (Lipinski definition) is 2. The highest BCUT2D eigenvalue weighted by Gasteiger charge is 2.33. The van der Waals surface area contributed by atoms with Crippen LogP contribution in [0.2, 0.25) is 10.0 Å². The zero-order valence-corrected chi connectivity index (χ0v) is 13.0. The number of nitrogens with one attached hydrogen (secondary N) is 1. The second-order valence-corrected chi connectivity index (χ2v) is 5.27. The quantitative estimate of drug-likeness (QED) is 0.827. The van der Waals surface area contributed by atoms with Gasteiger partial charge in [0.05, 0.1) is 15.6 Å². The Morgan fingerprint density at radius 1 is 1.09 bits per heavy atom. The summed E-state index contributed by atoms with van der Waals surface area (Å²) in [5, 5.41) is 2.19. The summed E-state index contributed by atoms with van der Waals surface area (Å²) >= 11 is 11.4. The molecule has 8 heteroatoms. The average molecular weight is 364 g/mol. The van der Waals surface area contributed by atoms with Gasteiger partial charge in [-0.2, -0.15) is 13.2 Å². The smallest absolute Gasteiger partial charge is 0.417 e. The summed E-state index contributed by atoms with van der Waals surface area (Å²) in [5.41, 5.74) is -1.06. The Kier molecular flexibility index (Phi) is 5.38. The lowest BCUT2D eigenvalue weighted by molar-refractivity contribution is -0.137. The number of halogens is 5. The van der Waals surface area contributed by atoms with Crippen molar-refractivity contribution in [1.29, 1.82) is 0 Å². The third-order valence-corrected chi connectivity index (χ3v) is 3.39. The van der Waals surface area contributed by atoms with E-state index in [0.717, 1.165) is 12.1 Å².